The Bertz CT molecular complexity index is 903. The predicted molar refractivity (Wildman–Crippen MR) is 117 cm³/mol. The third kappa shape index (κ3) is 4.79. The Morgan fingerprint density at radius 3 is 2.79 bits per heavy atom. The number of fused-ring (bicyclic) bond motifs is 1. The summed E-state index contributed by atoms with van der Waals surface area (Å²) >= 11 is 3.46. The van der Waals surface area contributed by atoms with Gasteiger partial charge in [-0.05, 0) is 50.6 Å². The van der Waals surface area contributed by atoms with Gasteiger partial charge in [-0.2, -0.15) is 0 Å². The summed E-state index contributed by atoms with van der Waals surface area (Å²) in [4.78, 5) is 27.6. The minimum absolute atomic E-state index is 0.114. The summed E-state index contributed by atoms with van der Waals surface area (Å²) in [6.45, 7) is 2.13. The highest BCUT2D eigenvalue weighted by atomic mass is 79.9. The van der Waals surface area contributed by atoms with Crippen LogP contribution in [0.3, 0.4) is 0 Å². The van der Waals surface area contributed by atoms with E-state index in [0.29, 0.717) is 18.7 Å². The van der Waals surface area contributed by atoms with Crippen molar-refractivity contribution >= 4 is 33.4 Å². The van der Waals surface area contributed by atoms with Crippen molar-refractivity contribution in [1.82, 2.24) is 10.6 Å². The molecule has 2 aromatic carbocycles. The Labute approximate surface area is 179 Å². The lowest BCUT2D eigenvalue weighted by molar-refractivity contribution is -0.128. The summed E-state index contributed by atoms with van der Waals surface area (Å²) in [7, 11) is 3.34. The number of hydrogen-bond donors (Lipinski definition) is 2. The molecule has 0 aliphatic carbocycles. The van der Waals surface area contributed by atoms with Crippen molar-refractivity contribution in [2.24, 2.45) is 0 Å². The molecule has 1 heterocycles. The van der Waals surface area contributed by atoms with Crippen LogP contribution >= 0.6 is 15.9 Å². The first-order valence-corrected chi connectivity index (χ1v) is 10.4. The van der Waals surface area contributed by atoms with E-state index in [9.17, 15) is 9.59 Å². The Morgan fingerprint density at radius 1 is 1.31 bits per heavy atom. The molecule has 1 unspecified atom stereocenters. The number of aryl methyl sites for hydroxylation is 1. The number of rotatable bonds is 6. The SMILES string of the molecule is CNC(C)C(=O)N[C@H]1CCc2ccccc2N(Cc2ccc(Br)cc2OC)C1=O. The number of anilines is 1. The summed E-state index contributed by atoms with van der Waals surface area (Å²) < 4.78 is 6.42. The number of ether oxygens (including phenoxy) is 1. The summed E-state index contributed by atoms with van der Waals surface area (Å²) in [5.41, 5.74) is 2.87. The summed E-state index contributed by atoms with van der Waals surface area (Å²) in [6.07, 6.45) is 1.28. The maximum absolute atomic E-state index is 13.5. The molecule has 2 N–H and O–H groups in total. The lowest BCUT2D eigenvalue weighted by Crippen LogP contribution is -2.52. The van der Waals surface area contributed by atoms with Crippen LogP contribution in [0.1, 0.15) is 24.5 Å². The van der Waals surface area contributed by atoms with Gasteiger partial charge >= 0.3 is 0 Å². The van der Waals surface area contributed by atoms with Crippen molar-refractivity contribution in [2.75, 3.05) is 19.1 Å². The van der Waals surface area contributed by atoms with Gasteiger partial charge in [-0.3, -0.25) is 9.59 Å². The van der Waals surface area contributed by atoms with Crippen LogP contribution < -0.4 is 20.3 Å². The summed E-state index contributed by atoms with van der Waals surface area (Å²) in [5, 5.41) is 5.83. The molecule has 2 atom stereocenters. The molecule has 0 radical (unpaired) electrons. The lowest BCUT2D eigenvalue weighted by atomic mass is 10.1. The Balaban J connectivity index is 1.95. The Morgan fingerprint density at radius 2 is 2.07 bits per heavy atom. The second kappa shape index (κ2) is 9.41. The quantitative estimate of drug-likeness (QED) is 0.696. The highest BCUT2D eigenvalue weighted by Crippen LogP contribution is 2.31. The van der Waals surface area contributed by atoms with Gasteiger partial charge in [0.25, 0.3) is 0 Å². The van der Waals surface area contributed by atoms with Gasteiger partial charge in [0.15, 0.2) is 0 Å². The van der Waals surface area contributed by atoms with Crippen molar-refractivity contribution in [1.29, 1.82) is 0 Å². The van der Waals surface area contributed by atoms with Crippen molar-refractivity contribution in [3.63, 3.8) is 0 Å². The number of halogens is 1. The minimum atomic E-state index is -0.577. The van der Waals surface area contributed by atoms with E-state index >= 15 is 0 Å². The maximum Gasteiger partial charge on any atom is 0.249 e. The van der Waals surface area contributed by atoms with E-state index in [1.54, 1.807) is 26.0 Å². The minimum Gasteiger partial charge on any atom is -0.496 e. The fourth-order valence-corrected chi connectivity index (χ4v) is 3.80. The number of methoxy groups -OCH3 is 1. The van der Waals surface area contributed by atoms with Gasteiger partial charge in [0.2, 0.25) is 11.8 Å². The number of likely N-dealkylation sites (N-methyl/N-ethyl adjacent to an activating group) is 1. The number of nitrogens with one attached hydrogen (secondary N) is 2. The smallest absolute Gasteiger partial charge is 0.249 e. The topological polar surface area (TPSA) is 70.7 Å². The third-order valence-electron chi connectivity index (χ3n) is 5.27. The standard InChI is InChI=1S/C22H26BrN3O3/c1-14(24-2)21(27)25-18-11-9-15-6-4-5-7-19(15)26(22(18)28)13-16-8-10-17(23)12-20(16)29-3/h4-8,10,12,14,18,24H,9,11,13H2,1-3H3,(H,25,27)/t14?,18-/m0/s1. The molecule has 3 rings (SSSR count). The number of amides is 2. The van der Waals surface area contributed by atoms with Gasteiger partial charge in [-0.1, -0.05) is 40.2 Å². The monoisotopic (exact) mass is 459 g/mol. The Kier molecular flexibility index (Phi) is 6.92. The predicted octanol–water partition coefficient (Wildman–Crippen LogP) is 3.03. The largest absolute Gasteiger partial charge is 0.496 e. The van der Waals surface area contributed by atoms with Crippen LogP contribution in [0.4, 0.5) is 5.69 Å². The molecule has 0 saturated heterocycles. The average Bonchev–Trinajstić information content (AvgIpc) is 2.86. The lowest BCUT2D eigenvalue weighted by Gasteiger charge is -2.27. The molecule has 6 nitrogen and oxygen atoms in total. The van der Waals surface area contributed by atoms with Crippen LogP contribution in [-0.4, -0.2) is 38.1 Å². The number of para-hydroxylation sites is 1. The zero-order chi connectivity index (χ0) is 21.0. The fraction of sp³-hybridized carbons (Fsp3) is 0.364. The molecule has 2 amide bonds. The molecule has 1 aliphatic heterocycles. The molecular weight excluding hydrogens is 434 g/mol. The molecular formula is C22H26BrN3O3. The number of hydrogen-bond acceptors (Lipinski definition) is 4. The van der Waals surface area contributed by atoms with Gasteiger partial charge < -0.3 is 20.3 Å². The molecule has 154 valence electrons. The van der Waals surface area contributed by atoms with Crippen molar-refractivity contribution in [3.8, 4) is 5.75 Å². The molecule has 29 heavy (non-hydrogen) atoms. The van der Waals surface area contributed by atoms with Crippen molar-refractivity contribution in [3.05, 3.63) is 58.1 Å². The fourth-order valence-electron chi connectivity index (χ4n) is 3.46. The van der Waals surface area contributed by atoms with Crippen LogP contribution in [-0.2, 0) is 22.6 Å². The van der Waals surface area contributed by atoms with E-state index in [1.165, 1.54) is 0 Å². The van der Waals surface area contributed by atoms with Crippen molar-refractivity contribution in [2.45, 2.75) is 38.4 Å². The summed E-state index contributed by atoms with van der Waals surface area (Å²) in [5.74, 6) is 0.410. The van der Waals surface area contributed by atoms with Gasteiger partial charge in [-0.25, -0.2) is 0 Å². The second-order valence-corrected chi connectivity index (χ2v) is 8.04. The van der Waals surface area contributed by atoms with Crippen LogP contribution in [0.5, 0.6) is 5.75 Å². The van der Waals surface area contributed by atoms with Gasteiger partial charge in [0, 0.05) is 15.7 Å². The first-order chi connectivity index (χ1) is 13.9. The third-order valence-corrected chi connectivity index (χ3v) is 5.76. The van der Waals surface area contributed by atoms with E-state index in [4.69, 9.17) is 4.74 Å². The van der Waals surface area contributed by atoms with Crippen molar-refractivity contribution < 1.29 is 14.3 Å². The number of carbonyl (C=O) groups is 2. The van der Waals surface area contributed by atoms with Crippen LogP contribution in [0.2, 0.25) is 0 Å². The average molecular weight is 460 g/mol. The van der Waals surface area contributed by atoms with Crippen LogP contribution in [0, 0.1) is 0 Å². The molecule has 0 fully saturated rings. The van der Waals surface area contributed by atoms with E-state index < -0.39 is 6.04 Å². The zero-order valence-corrected chi connectivity index (χ0v) is 18.5. The van der Waals surface area contributed by atoms with E-state index in [-0.39, 0.29) is 17.9 Å². The highest BCUT2D eigenvalue weighted by molar-refractivity contribution is 9.10. The van der Waals surface area contributed by atoms with Gasteiger partial charge in [0.1, 0.15) is 11.8 Å². The first kappa shape index (κ1) is 21.3. The zero-order valence-electron chi connectivity index (χ0n) is 16.9. The Hall–Kier alpha value is -2.38. The molecule has 2 aromatic rings. The normalized spacial score (nSPS) is 17.3. The van der Waals surface area contributed by atoms with E-state index in [1.807, 2.05) is 42.5 Å². The van der Waals surface area contributed by atoms with E-state index in [0.717, 1.165) is 27.7 Å². The highest BCUT2D eigenvalue weighted by Gasteiger charge is 2.32. The summed E-state index contributed by atoms with van der Waals surface area (Å²) in [6, 6.07) is 12.7. The molecule has 7 heteroatoms. The molecule has 0 bridgehead atoms. The van der Waals surface area contributed by atoms with Gasteiger partial charge in [-0.15, -0.1) is 0 Å². The second-order valence-electron chi connectivity index (χ2n) is 7.12. The van der Waals surface area contributed by atoms with Crippen LogP contribution in [0.15, 0.2) is 46.9 Å². The molecule has 1 aliphatic rings. The molecule has 0 aromatic heterocycles. The molecule has 0 spiro atoms. The number of nitrogens with zero attached hydrogens (tertiary/aromatic N) is 1. The molecule has 0 saturated carbocycles. The van der Waals surface area contributed by atoms with Gasteiger partial charge in [0.05, 0.1) is 19.7 Å². The van der Waals surface area contributed by atoms with E-state index in [2.05, 4.69) is 26.6 Å². The number of benzene rings is 2. The van der Waals surface area contributed by atoms with Crippen LogP contribution in [0.25, 0.3) is 0 Å². The number of carbonyl (C=O) groups excluding carboxylic acids is 2. The first-order valence-electron chi connectivity index (χ1n) is 9.64. The maximum atomic E-state index is 13.5.